The van der Waals surface area contributed by atoms with Gasteiger partial charge in [0.2, 0.25) is 0 Å². The Morgan fingerprint density at radius 2 is 1.90 bits per heavy atom. The monoisotopic (exact) mass is 351 g/mol. The second-order valence-corrected chi connectivity index (χ2v) is 6.46. The van der Waals surface area contributed by atoms with E-state index in [1.54, 1.807) is 0 Å². The van der Waals surface area contributed by atoms with Crippen LogP contribution in [0.25, 0.3) is 0 Å². The van der Waals surface area contributed by atoms with Gasteiger partial charge in [0.15, 0.2) is 0 Å². The third kappa shape index (κ3) is 3.63. The number of nitrogens with one attached hydrogen (secondary N) is 1. The summed E-state index contributed by atoms with van der Waals surface area (Å²) in [5.74, 6) is 0. The van der Waals surface area contributed by atoms with Crippen LogP contribution in [-0.4, -0.2) is 7.05 Å². The number of rotatable bonds is 4. The molecule has 0 aliphatic carbocycles. The van der Waals surface area contributed by atoms with Crippen LogP contribution in [0.15, 0.2) is 40.9 Å². The minimum Gasteiger partial charge on any atom is -0.313 e. The quantitative estimate of drug-likeness (QED) is 0.795. The Bertz CT molecular complexity index is 610. The van der Waals surface area contributed by atoms with Gasteiger partial charge in [-0.1, -0.05) is 45.7 Å². The standard InChI is InChI=1S/C17H19BrClN/c1-11-8-16(19)12(2)7-15(11)17(20-3)10-13-5-4-6-14(18)9-13/h4-9,17,20H,10H2,1-3H3. The molecule has 0 aliphatic rings. The van der Waals surface area contributed by atoms with E-state index in [2.05, 4.69) is 71.5 Å². The summed E-state index contributed by atoms with van der Waals surface area (Å²) in [6.07, 6.45) is 0.956. The molecule has 0 fully saturated rings. The van der Waals surface area contributed by atoms with Crippen LogP contribution in [0, 0.1) is 13.8 Å². The van der Waals surface area contributed by atoms with Crippen LogP contribution in [0.4, 0.5) is 0 Å². The van der Waals surface area contributed by atoms with Crippen LogP contribution in [-0.2, 0) is 6.42 Å². The molecule has 0 aromatic heterocycles. The Morgan fingerprint density at radius 3 is 2.55 bits per heavy atom. The van der Waals surface area contributed by atoms with Crippen molar-refractivity contribution in [1.29, 1.82) is 0 Å². The van der Waals surface area contributed by atoms with Gasteiger partial charge in [0.1, 0.15) is 0 Å². The molecule has 1 N–H and O–H groups in total. The van der Waals surface area contributed by atoms with Gasteiger partial charge in [-0.2, -0.15) is 0 Å². The predicted octanol–water partition coefficient (Wildman–Crippen LogP) is 5.22. The van der Waals surface area contributed by atoms with Crippen molar-refractivity contribution in [2.24, 2.45) is 0 Å². The van der Waals surface area contributed by atoms with Gasteiger partial charge in [0.05, 0.1) is 0 Å². The molecule has 0 bridgehead atoms. The second kappa shape index (κ2) is 6.75. The first kappa shape index (κ1) is 15.6. The molecule has 0 heterocycles. The van der Waals surface area contributed by atoms with Crippen molar-refractivity contribution in [2.75, 3.05) is 7.05 Å². The molecular formula is C17H19BrClN. The molecule has 1 atom stereocenters. The van der Waals surface area contributed by atoms with Crippen LogP contribution >= 0.6 is 27.5 Å². The van der Waals surface area contributed by atoms with Gasteiger partial charge < -0.3 is 5.32 Å². The Balaban J connectivity index is 2.31. The molecule has 20 heavy (non-hydrogen) atoms. The predicted molar refractivity (Wildman–Crippen MR) is 90.6 cm³/mol. The molecule has 0 radical (unpaired) electrons. The van der Waals surface area contributed by atoms with E-state index in [1.807, 2.05) is 7.05 Å². The van der Waals surface area contributed by atoms with Crippen molar-refractivity contribution < 1.29 is 0 Å². The Labute approximate surface area is 134 Å². The van der Waals surface area contributed by atoms with Gasteiger partial charge in [0.25, 0.3) is 0 Å². The zero-order valence-corrected chi connectivity index (χ0v) is 14.3. The number of likely N-dealkylation sites (N-methyl/N-ethyl adjacent to an activating group) is 1. The van der Waals surface area contributed by atoms with Gasteiger partial charge >= 0.3 is 0 Å². The fraction of sp³-hybridized carbons (Fsp3) is 0.294. The maximum atomic E-state index is 6.19. The van der Waals surface area contributed by atoms with Gasteiger partial charge in [-0.05, 0) is 67.8 Å². The highest BCUT2D eigenvalue weighted by Crippen LogP contribution is 2.27. The molecule has 2 aromatic rings. The second-order valence-electron chi connectivity index (χ2n) is 5.13. The van der Waals surface area contributed by atoms with Crippen LogP contribution in [0.2, 0.25) is 5.02 Å². The van der Waals surface area contributed by atoms with Crippen molar-refractivity contribution in [3.8, 4) is 0 Å². The Morgan fingerprint density at radius 1 is 1.15 bits per heavy atom. The first-order chi connectivity index (χ1) is 9.51. The average molecular weight is 353 g/mol. The summed E-state index contributed by atoms with van der Waals surface area (Å²) >= 11 is 9.72. The molecule has 0 spiro atoms. The van der Waals surface area contributed by atoms with Crippen molar-refractivity contribution in [3.05, 3.63) is 68.1 Å². The van der Waals surface area contributed by atoms with E-state index in [1.165, 1.54) is 16.7 Å². The van der Waals surface area contributed by atoms with E-state index in [-0.39, 0.29) is 0 Å². The van der Waals surface area contributed by atoms with Crippen molar-refractivity contribution in [2.45, 2.75) is 26.3 Å². The SMILES string of the molecule is CNC(Cc1cccc(Br)c1)c1cc(C)c(Cl)cc1C. The molecule has 2 rings (SSSR count). The average Bonchev–Trinajstić information content (AvgIpc) is 2.40. The van der Waals surface area contributed by atoms with Crippen molar-refractivity contribution >= 4 is 27.5 Å². The lowest BCUT2D eigenvalue weighted by atomic mass is 9.94. The maximum absolute atomic E-state index is 6.19. The summed E-state index contributed by atoms with van der Waals surface area (Å²) < 4.78 is 1.12. The molecule has 0 aliphatic heterocycles. The molecule has 0 saturated carbocycles. The van der Waals surface area contributed by atoms with Gasteiger partial charge in [-0.15, -0.1) is 0 Å². The minimum absolute atomic E-state index is 0.292. The first-order valence-electron chi connectivity index (χ1n) is 6.69. The largest absolute Gasteiger partial charge is 0.313 e. The third-order valence-corrected chi connectivity index (χ3v) is 4.50. The molecule has 0 amide bonds. The van der Waals surface area contributed by atoms with Crippen LogP contribution in [0.1, 0.15) is 28.3 Å². The highest BCUT2D eigenvalue weighted by Gasteiger charge is 2.14. The number of hydrogen-bond acceptors (Lipinski definition) is 1. The smallest absolute Gasteiger partial charge is 0.0438 e. The summed E-state index contributed by atoms with van der Waals surface area (Å²) in [4.78, 5) is 0. The number of hydrogen-bond donors (Lipinski definition) is 1. The number of benzene rings is 2. The number of halogens is 2. The highest BCUT2D eigenvalue weighted by atomic mass is 79.9. The van der Waals surface area contributed by atoms with E-state index in [9.17, 15) is 0 Å². The fourth-order valence-electron chi connectivity index (χ4n) is 2.45. The summed E-state index contributed by atoms with van der Waals surface area (Å²) in [6, 6.07) is 13.0. The zero-order chi connectivity index (χ0) is 14.7. The number of aryl methyl sites for hydroxylation is 2. The molecular weight excluding hydrogens is 334 g/mol. The zero-order valence-electron chi connectivity index (χ0n) is 12.0. The third-order valence-electron chi connectivity index (χ3n) is 3.60. The van der Waals surface area contributed by atoms with Gasteiger partial charge in [-0.25, -0.2) is 0 Å². The van der Waals surface area contributed by atoms with Gasteiger partial charge in [0, 0.05) is 15.5 Å². The summed E-state index contributed by atoms with van der Waals surface area (Å²) in [7, 11) is 2.01. The summed E-state index contributed by atoms with van der Waals surface area (Å²) in [6.45, 7) is 4.17. The molecule has 3 heteroatoms. The molecule has 106 valence electrons. The lowest BCUT2D eigenvalue weighted by molar-refractivity contribution is 0.588. The first-order valence-corrected chi connectivity index (χ1v) is 7.86. The summed E-state index contributed by atoms with van der Waals surface area (Å²) in [5, 5.41) is 4.25. The Hall–Kier alpha value is -0.830. The lowest BCUT2D eigenvalue weighted by Crippen LogP contribution is -2.20. The highest BCUT2D eigenvalue weighted by molar-refractivity contribution is 9.10. The van der Waals surface area contributed by atoms with E-state index in [4.69, 9.17) is 11.6 Å². The summed E-state index contributed by atoms with van der Waals surface area (Å²) in [5.41, 5.74) is 4.98. The normalized spacial score (nSPS) is 12.4. The Kier molecular flexibility index (Phi) is 5.25. The fourth-order valence-corrected chi connectivity index (χ4v) is 3.11. The molecule has 1 unspecified atom stereocenters. The topological polar surface area (TPSA) is 12.0 Å². The van der Waals surface area contributed by atoms with Crippen LogP contribution in [0.5, 0.6) is 0 Å². The molecule has 0 saturated heterocycles. The van der Waals surface area contributed by atoms with Crippen LogP contribution < -0.4 is 5.32 Å². The minimum atomic E-state index is 0.292. The van der Waals surface area contributed by atoms with Crippen LogP contribution in [0.3, 0.4) is 0 Å². The van der Waals surface area contributed by atoms with Crippen molar-refractivity contribution in [3.63, 3.8) is 0 Å². The van der Waals surface area contributed by atoms with Gasteiger partial charge in [-0.3, -0.25) is 0 Å². The van der Waals surface area contributed by atoms with Crippen molar-refractivity contribution in [1.82, 2.24) is 5.32 Å². The molecule has 1 nitrogen and oxygen atoms in total. The maximum Gasteiger partial charge on any atom is 0.0438 e. The molecule has 2 aromatic carbocycles. The van der Waals surface area contributed by atoms with E-state index in [0.717, 1.165) is 21.5 Å². The van der Waals surface area contributed by atoms with E-state index in [0.29, 0.717) is 6.04 Å². The van der Waals surface area contributed by atoms with E-state index < -0.39 is 0 Å². The van der Waals surface area contributed by atoms with E-state index >= 15 is 0 Å². The lowest BCUT2D eigenvalue weighted by Gasteiger charge is -2.20.